The molecule has 13 heteroatoms. The predicted molar refractivity (Wildman–Crippen MR) is 171 cm³/mol. The molecule has 0 aliphatic carbocycles. The molecule has 1 N–H and O–H groups in total. The number of hydrogen-bond donors (Lipinski definition) is 1. The first kappa shape index (κ1) is 32.3. The topological polar surface area (TPSA) is 101 Å². The van der Waals surface area contributed by atoms with E-state index in [0.717, 1.165) is 45.3 Å². The smallest absolute Gasteiger partial charge is 0.337 e. The molecule has 10 nitrogen and oxygen atoms in total. The standard InChI is InChI=1S/C33H34Cl2FN3O7/c34-26-15-22(45-10-2-5-37-6-11-43-12-7-37)16-27(35)30(26)32(40)39-19-21-3-1-4-23(31(21)46-20-39)24-18-29(38-8-13-44-14-9-38)25(33(41)42)17-28(24)36/h1,3-4,15-18H,2,5-14,19-20H2,(H,41,42). The molecule has 0 aromatic heterocycles. The Hall–Kier alpha value is -3.61. The van der Waals surface area contributed by atoms with Crippen LogP contribution in [0.1, 0.15) is 32.7 Å². The van der Waals surface area contributed by atoms with Crippen molar-refractivity contribution in [2.24, 2.45) is 0 Å². The number of ether oxygens (including phenoxy) is 4. The minimum Gasteiger partial charge on any atom is -0.493 e. The lowest BCUT2D eigenvalue weighted by Gasteiger charge is -2.32. The van der Waals surface area contributed by atoms with Crippen molar-refractivity contribution in [3.8, 4) is 22.6 Å². The fourth-order valence-electron chi connectivity index (χ4n) is 5.92. The number of aromatic carboxylic acids is 1. The quantitative estimate of drug-likeness (QED) is 0.298. The van der Waals surface area contributed by atoms with Crippen molar-refractivity contribution in [3.63, 3.8) is 0 Å². The lowest BCUT2D eigenvalue weighted by Crippen LogP contribution is -2.37. The van der Waals surface area contributed by atoms with Crippen LogP contribution in [0.2, 0.25) is 10.0 Å². The van der Waals surface area contributed by atoms with Crippen molar-refractivity contribution in [2.45, 2.75) is 13.0 Å². The maximum absolute atomic E-state index is 15.5. The Bertz CT molecular complexity index is 1590. The van der Waals surface area contributed by atoms with Crippen LogP contribution in [-0.2, 0) is 16.0 Å². The predicted octanol–water partition coefficient (Wildman–Crippen LogP) is 5.43. The third-order valence-electron chi connectivity index (χ3n) is 8.29. The van der Waals surface area contributed by atoms with Gasteiger partial charge in [0.2, 0.25) is 0 Å². The van der Waals surface area contributed by atoms with E-state index in [0.29, 0.717) is 61.2 Å². The summed E-state index contributed by atoms with van der Waals surface area (Å²) < 4.78 is 38.2. The Kier molecular flexibility index (Phi) is 10.1. The summed E-state index contributed by atoms with van der Waals surface area (Å²) in [7, 11) is 0. The largest absolute Gasteiger partial charge is 0.493 e. The summed E-state index contributed by atoms with van der Waals surface area (Å²) in [6.45, 7) is 6.58. The molecule has 244 valence electrons. The van der Waals surface area contributed by atoms with Crippen molar-refractivity contribution in [1.29, 1.82) is 0 Å². The Labute approximate surface area is 276 Å². The van der Waals surface area contributed by atoms with Crippen LogP contribution in [0.15, 0.2) is 42.5 Å². The SMILES string of the molecule is O=C(O)c1cc(F)c(-c2cccc3c2OCN(C(=O)c2c(Cl)cc(OCCCN4CCOCC4)cc2Cl)C3)cc1N1CCOCC1. The molecular formula is C33H34Cl2FN3O7. The van der Waals surface area contributed by atoms with Gasteiger partial charge in [-0.1, -0.05) is 41.4 Å². The zero-order valence-electron chi connectivity index (χ0n) is 25.1. The number of morpholine rings is 2. The van der Waals surface area contributed by atoms with Crippen molar-refractivity contribution in [2.75, 3.05) is 77.4 Å². The number of fused-ring (bicyclic) bond motifs is 1. The van der Waals surface area contributed by atoms with E-state index < -0.39 is 17.7 Å². The lowest BCUT2D eigenvalue weighted by molar-refractivity contribution is 0.0358. The Morgan fingerprint density at radius 2 is 1.63 bits per heavy atom. The van der Waals surface area contributed by atoms with Gasteiger partial charge >= 0.3 is 5.97 Å². The Morgan fingerprint density at radius 1 is 0.935 bits per heavy atom. The minimum absolute atomic E-state index is 0.121. The fraction of sp³-hybridized carbons (Fsp3) is 0.394. The van der Waals surface area contributed by atoms with Gasteiger partial charge in [-0.3, -0.25) is 9.69 Å². The molecule has 0 bridgehead atoms. The number of carboxylic acids is 1. The average Bonchev–Trinajstić information content (AvgIpc) is 3.06. The molecule has 46 heavy (non-hydrogen) atoms. The van der Waals surface area contributed by atoms with Crippen LogP contribution in [-0.4, -0.2) is 99.3 Å². The second-order valence-corrected chi connectivity index (χ2v) is 12.1. The van der Waals surface area contributed by atoms with Gasteiger partial charge in [-0.2, -0.15) is 0 Å². The zero-order valence-corrected chi connectivity index (χ0v) is 26.6. The van der Waals surface area contributed by atoms with Crippen LogP contribution in [0, 0.1) is 5.82 Å². The summed E-state index contributed by atoms with van der Waals surface area (Å²) in [5.74, 6) is -1.43. The molecule has 0 spiro atoms. The number of anilines is 1. The maximum Gasteiger partial charge on any atom is 0.337 e. The number of carbonyl (C=O) groups excluding carboxylic acids is 1. The summed E-state index contributed by atoms with van der Waals surface area (Å²) in [5.41, 5.74) is 1.74. The van der Waals surface area contributed by atoms with Gasteiger partial charge in [0.15, 0.2) is 6.73 Å². The molecule has 2 fully saturated rings. The number of amides is 1. The summed E-state index contributed by atoms with van der Waals surface area (Å²) >= 11 is 13.1. The van der Waals surface area contributed by atoms with Gasteiger partial charge in [0.1, 0.15) is 17.3 Å². The Morgan fingerprint density at radius 3 is 2.33 bits per heavy atom. The van der Waals surface area contributed by atoms with Gasteiger partial charge in [-0.25, -0.2) is 9.18 Å². The van der Waals surface area contributed by atoms with E-state index in [2.05, 4.69) is 4.90 Å². The number of benzene rings is 3. The number of nitrogens with zero attached hydrogens (tertiary/aromatic N) is 3. The fourth-order valence-corrected chi connectivity index (χ4v) is 6.55. The summed E-state index contributed by atoms with van der Waals surface area (Å²) in [5, 5.41) is 10.1. The number of carboxylic acid groups (broad SMARTS) is 1. The molecule has 3 aromatic carbocycles. The van der Waals surface area contributed by atoms with Gasteiger partial charge in [0.25, 0.3) is 5.91 Å². The first-order valence-corrected chi connectivity index (χ1v) is 15.9. The zero-order chi connectivity index (χ0) is 32.2. The highest BCUT2D eigenvalue weighted by atomic mass is 35.5. The number of carbonyl (C=O) groups is 2. The highest BCUT2D eigenvalue weighted by molar-refractivity contribution is 6.39. The van der Waals surface area contributed by atoms with E-state index in [1.54, 1.807) is 36.4 Å². The van der Waals surface area contributed by atoms with Gasteiger partial charge in [0.05, 0.1) is 66.4 Å². The first-order valence-electron chi connectivity index (χ1n) is 15.2. The van der Waals surface area contributed by atoms with Crippen molar-refractivity contribution >= 4 is 40.8 Å². The lowest BCUT2D eigenvalue weighted by atomic mass is 9.97. The molecule has 0 unspecified atom stereocenters. The summed E-state index contributed by atoms with van der Waals surface area (Å²) in [6, 6.07) is 11.0. The molecule has 0 saturated carbocycles. The van der Waals surface area contributed by atoms with Gasteiger partial charge in [-0.05, 0) is 30.7 Å². The molecule has 2 saturated heterocycles. The van der Waals surface area contributed by atoms with Crippen molar-refractivity contribution < 1.29 is 38.0 Å². The first-order chi connectivity index (χ1) is 22.3. The molecule has 3 aliphatic heterocycles. The van der Waals surface area contributed by atoms with Crippen LogP contribution < -0.4 is 14.4 Å². The van der Waals surface area contributed by atoms with Crippen LogP contribution >= 0.6 is 23.2 Å². The minimum atomic E-state index is -1.21. The normalized spacial score (nSPS) is 16.9. The van der Waals surface area contributed by atoms with Gasteiger partial charge in [-0.15, -0.1) is 0 Å². The van der Waals surface area contributed by atoms with Gasteiger partial charge < -0.3 is 33.9 Å². The van der Waals surface area contributed by atoms with E-state index in [4.69, 9.17) is 42.1 Å². The summed E-state index contributed by atoms with van der Waals surface area (Å²) in [4.78, 5) is 31.3. The number of para-hydroxylation sites is 1. The van der Waals surface area contributed by atoms with Crippen LogP contribution in [0.4, 0.5) is 10.1 Å². The molecule has 3 aromatic rings. The van der Waals surface area contributed by atoms with E-state index in [9.17, 15) is 14.7 Å². The molecule has 6 rings (SSSR count). The van der Waals surface area contributed by atoms with Crippen molar-refractivity contribution in [3.05, 3.63) is 75.0 Å². The summed E-state index contributed by atoms with van der Waals surface area (Å²) in [6.07, 6.45) is 0.824. The molecule has 1 amide bonds. The number of halogens is 3. The Balaban J connectivity index is 1.17. The van der Waals surface area contributed by atoms with E-state index >= 15 is 4.39 Å². The number of hydrogen-bond acceptors (Lipinski definition) is 8. The molecule has 3 heterocycles. The third kappa shape index (κ3) is 7.03. The molecule has 0 atom stereocenters. The molecule has 0 radical (unpaired) electrons. The highest BCUT2D eigenvalue weighted by Gasteiger charge is 2.30. The van der Waals surface area contributed by atoms with E-state index in [1.807, 2.05) is 4.90 Å². The third-order valence-corrected chi connectivity index (χ3v) is 8.88. The highest BCUT2D eigenvalue weighted by Crippen LogP contribution is 2.41. The van der Waals surface area contributed by atoms with Crippen LogP contribution in [0.25, 0.3) is 11.1 Å². The average molecular weight is 675 g/mol. The second kappa shape index (κ2) is 14.4. The molecule has 3 aliphatic rings. The number of rotatable bonds is 9. The molecular weight excluding hydrogens is 640 g/mol. The van der Waals surface area contributed by atoms with Crippen molar-refractivity contribution in [1.82, 2.24) is 9.80 Å². The van der Waals surface area contributed by atoms with Crippen LogP contribution in [0.3, 0.4) is 0 Å². The van der Waals surface area contributed by atoms with E-state index in [-0.39, 0.29) is 40.0 Å². The van der Waals surface area contributed by atoms with Crippen LogP contribution in [0.5, 0.6) is 11.5 Å². The monoisotopic (exact) mass is 673 g/mol. The van der Waals surface area contributed by atoms with E-state index in [1.165, 1.54) is 4.90 Å². The maximum atomic E-state index is 15.5. The van der Waals surface area contributed by atoms with Gasteiger partial charge in [0, 0.05) is 49.4 Å². The second-order valence-electron chi connectivity index (χ2n) is 11.2.